The summed E-state index contributed by atoms with van der Waals surface area (Å²) >= 11 is 6.20. The van der Waals surface area contributed by atoms with E-state index >= 15 is 0 Å². The van der Waals surface area contributed by atoms with Crippen molar-refractivity contribution in [2.75, 3.05) is 57.1 Å². The molecule has 2 atom stereocenters. The third-order valence-corrected chi connectivity index (χ3v) is 8.25. The molecule has 44 heavy (non-hydrogen) atoms. The number of rotatable bonds is 10. The molecule has 1 aliphatic rings. The van der Waals surface area contributed by atoms with Gasteiger partial charge in [0.2, 0.25) is 5.91 Å². The maximum atomic E-state index is 14.1. The number of carbonyl (C=O) groups is 2. The van der Waals surface area contributed by atoms with Gasteiger partial charge in [-0.1, -0.05) is 48.9 Å². The fraction of sp³-hybridized carbons (Fsp3) is 0.353. The molecule has 3 N–H and O–H groups in total. The summed E-state index contributed by atoms with van der Waals surface area (Å²) in [6.45, 7) is 7.44. The van der Waals surface area contributed by atoms with E-state index in [1.54, 1.807) is 4.90 Å². The number of para-hydroxylation sites is 1. The van der Waals surface area contributed by atoms with Gasteiger partial charge in [0.15, 0.2) is 0 Å². The smallest absolute Gasteiger partial charge is 0.318 e. The van der Waals surface area contributed by atoms with E-state index < -0.39 is 6.04 Å². The number of nitrogens with zero attached hydrogens (tertiary/aromatic N) is 3. The lowest BCUT2D eigenvalue weighted by molar-refractivity contribution is -0.118. The van der Waals surface area contributed by atoms with Crippen LogP contribution in [0.4, 0.5) is 16.2 Å². The molecule has 0 bridgehead atoms. The average molecular weight is 617 g/mol. The largest absolute Gasteiger partial charge is 0.492 e. The quantitative estimate of drug-likeness (QED) is 0.206. The number of hydrogen-bond acceptors (Lipinski definition) is 5. The van der Waals surface area contributed by atoms with Crippen LogP contribution in [0.2, 0.25) is 5.02 Å². The van der Waals surface area contributed by atoms with Crippen molar-refractivity contribution < 1.29 is 14.3 Å². The first-order valence-corrected chi connectivity index (χ1v) is 15.4. The molecule has 9 nitrogen and oxygen atoms in total. The number of aromatic amines is 1. The van der Waals surface area contributed by atoms with Gasteiger partial charge >= 0.3 is 6.03 Å². The number of ether oxygens (including phenoxy) is 1. The molecule has 0 aliphatic carbocycles. The second kappa shape index (κ2) is 14.1. The van der Waals surface area contributed by atoms with E-state index in [0.717, 1.165) is 27.7 Å². The van der Waals surface area contributed by atoms with Gasteiger partial charge in [0.25, 0.3) is 0 Å². The molecule has 0 unspecified atom stereocenters. The third-order valence-electron chi connectivity index (χ3n) is 8.01. The first-order chi connectivity index (χ1) is 21.2. The molecule has 1 fully saturated rings. The van der Waals surface area contributed by atoms with Crippen LogP contribution in [0, 0.1) is 0 Å². The van der Waals surface area contributed by atoms with E-state index in [9.17, 15) is 9.59 Å². The van der Waals surface area contributed by atoms with Crippen LogP contribution >= 0.6 is 11.6 Å². The number of hydrogen-bond donors (Lipinski definition) is 3. The number of aromatic nitrogens is 1. The van der Waals surface area contributed by atoms with Crippen LogP contribution in [0.1, 0.15) is 30.9 Å². The Morgan fingerprint density at radius 2 is 1.80 bits per heavy atom. The number of amides is 3. The first-order valence-electron chi connectivity index (χ1n) is 15.1. The number of nitrogens with one attached hydrogen (secondary N) is 3. The Hall–Kier alpha value is -4.21. The summed E-state index contributed by atoms with van der Waals surface area (Å²) in [5.41, 5.74) is 4.59. The molecule has 1 saturated heterocycles. The molecule has 3 aromatic carbocycles. The number of benzene rings is 3. The molecule has 3 amide bonds. The Kier molecular flexibility index (Phi) is 9.97. The van der Waals surface area contributed by atoms with Crippen molar-refractivity contribution in [1.29, 1.82) is 0 Å². The van der Waals surface area contributed by atoms with Gasteiger partial charge in [-0.3, -0.25) is 4.79 Å². The Balaban J connectivity index is 1.38. The third kappa shape index (κ3) is 7.29. The molecule has 4 aromatic rings. The normalized spacial score (nSPS) is 14.9. The van der Waals surface area contributed by atoms with E-state index in [0.29, 0.717) is 55.8 Å². The second-order valence-corrected chi connectivity index (χ2v) is 11.9. The summed E-state index contributed by atoms with van der Waals surface area (Å²) in [5.74, 6) is -0.0506. The molecule has 2 heterocycles. The number of H-pyrrole nitrogens is 1. The highest BCUT2D eigenvalue weighted by Gasteiger charge is 2.32. The predicted octanol–water partition coefficient (Wildman–Crippen LogP) is 5.92. The van der Waals surface area contributed by atoms with Crippen molar-refractivity contribution in [2.45, 2.75) is 32.4 Å². The highest BCUT2D eigenvalue weighted by Crippen LogP contribution is 2.31. The van der Waals surface area contributed by atoms with Crippen molar-refractivity contribution in [3.05, 3.63) is 89.1 Å². The fourth-order valence-electron chi connectivity index (χ4n) is 5.76. The van der Waals surface area contributed by atoms with Crippen LogP contribution in [0.15, 0.2) is 72.9 Å². The lowest BCUT2D eigenvalue weighted by atomic mass is 9.92. The first kappa shape index (κ1) is 31.2. The summed E-state index contributed by atoms with van der Waals surface area (Å²) in [6, 6.07) is 20.4. The summed E-state index contributed by atoms with van der Waals surface area (Å²) < 4.78 is 5.86. The molecule has 5 rings (SSSR count). The van der Waals surface area contributed by atoms with Gasteiger partial charge in [-0.2, -0.15) is 0 Å². The van der Waals surface area contributed by atoms with E-state index in [4.69, 9.17) is 16.3 Å². The van der Waals surface area contributed by atoms with E-state index in [-0.39, 0.29) is 17.9 Å². The zero-order chi connectivity index (χ0) is 31.2. The van der Waals surface area contributed by atoms with Crippen molar-refractivity contribution >= 4 is 45.8 Å². The highest BCUT2D eigenvalue weighted by atomic mass is 35.5. The van der Waals surface area contributed by atoms with Crippen LogP contribution in [0.3, 0.4) is 0 Å². The Bertz CT molecular complexity index is 1600. The SMILES string of the molecule is CCOc1ccc(CN(C)C)cc1NC(=O)[C@H](NC(=O)N1CCN(c2cccc(Cl)c2)CC1)[C@@H](C)c1c[nH]c2ccccc12. The van der Waals surface area contributed by atoms with Crippen LogP contribution in [-0.2, 0) is 11.3 Å². The minimum Gasteiger partial charge on any atom is -0.492 e. The minimum atomic E-state index is -0.848. The van der Waals surface area contributed by atoms with Crippen molar-refractivity contribution in [2.24, 2.45) is 0 Å². The number of halogens is 1. The zero-order valence-electron chi connectivity index (χ0n) is 25.8. The topological polar surface area (TPSA) is 92.9 Å². The van der Waals surface area contributed by atoms with Crippen molar-refractivity contribution in [3.8, 4) is 5.75 Å². The van der Waals surface area contributed by atoms with Crippen molar-refractivity contribution in [3.63, 3.8) is 0 Å². The summed E-state index contributed by atoms with van der Waals surface area (Å²) in [5, 5.41) is 7.89. The van der Waals surface area contributed by atoms with Gasteiger partial charge in [-0.15, -0.1) is 0 Å². The fourth-order valence-corrected chi connectivity index (χ4v) is 5.95. The lowest BCUT2D eigenvalue weighted by Gasteiger charge is -2.37. The highest BCUT2D eigenvalue weighted by molar-refractivity contribution is 6.30. The summed E-state index contributed by atoms with van der Waals surface area (Å²) in [4.78, 5) is 37.2. The van der Waals surface area contributed by atoms with E-state index in [2.05, 4.69) is 25.4 Å². The molecule has 0 radical (unpaired) electrons. The van der Waals surface area contributed by atoms with Crippen LogP contribution in [0.5, 0.6) is 5.75 Å². The molecule has 1 aromatic heterocycles. The van der Waals surface area contributed by atoms with Gasteiger partial charge in [0.1, 0.15) is 11.8 Å². The zero-order valence-corrected chi connectivity index (χ0v) is 26.5. The molecule has 10 heteroatoms. The van der Waals surface area contributed by atoms with Crippen LogP contribution in [0.25, 0.3) is 10.9 Å². The number of piperazine rings is 1. The van der Waals surface area contributed by atoms with Gasteiger partial charge in [0.05, 0.1) is 12.3 Å². The molecular formula is C34H41ClN6O3. The maximum Gasteiger partial charge on any atom is 0.318 e. The molecule has 232 valence electrons. The minimum absolute atomic E-state index is 0.269. The molecular weight excluding hydrogens is 576 g/mol. The lowest BCUT2D eigenvalue weighted by Crippen LogP contribution is -2.56. The van der Waals surface area contributed by atoms with Crippen LogP contribution in [-0.4, -0.2) is 79.6 Å². The number of carbonyl (C=O) groups excluding carboxylic acids is 2. The second-order valence-electron chi connectivity index (χ2n) is 11.4. The van der Waals surface area contributed by atoms with Gasteiger partial charge < -0.3 is 35.1 Å². The Morgan fingerprint density at radius 1 is 1.02 bits per heavy atom. The van der Waals surface area contributed by atoms with Gasteiger partial charge in [-0.05, 0) is 68.5 Å². The summed E-state index contributed by atoms with van der Waals surface area (Å²) in [7, 11) is 4.00. The number of anilines is 2. The van der Waals surface area contributed by atoms with E-state index in [1.807, 2.05) is 101 Å². The van der Waals surface area contributed by atoms with Crippen molar-refractivity contribution in [1.82, 2.24) is 20.1 Å². The summed E-state index contributed by atoms with van der Waals surface area (Å²) in [6.07, 6.45) is 1.93. The average Bonchev–Trinajstić information content (AvgIpc) is 3.45. The van der Waals surface area contributed by atoms with Gasteiger partial charge in [0, 0.05) is 66.5 Å². The Morgan fingerprint density at radius 3 is 2.52 bits per heavy atom. The predicted molar refractivity (Wildman–Crippen MR) is 178 cm³/mol. The monoisotopic (exact) mass is 616 g/mol. The van der Waals surface area contributed by atoms with Crippen LogP contribution < -0.4 is 20.3 Å². The molecule has 0 spiro atoms. The number of fused-ring (bicyclic) bond motifs is 1. The Labute approximate surface area is 264 Å². The molecule has 0 saturated carbocycles. The van der Waals surface area contributed by atoms with Gasteiger partial charge in [-0.25, -0.2) is 4.79 Å². The maximum absolute atomic E-state index is 14.1. The molecule has 1 aliphatic heterocycles. The number of urea groups is 1. The standard InChI is InChI=1S/C34H41ClN6O3/c1-5-44-31-14-13-24(22-39(3)4)19-30(31)37-33(42)32(23(2)28-21-36-29-12-7-6-11-27(28)29)38-34(43)41-17-15-40(16-18-41)26-10-8-9-25(35)20-26/h6-14,19-21,23,32,36H,5,15-18,22H2,1-4H3,(H,37,42)(H,38,43)/t23-,32+/m0/s1. The van der Waals surface area contributed by atoms with E-state index in [1.165, 1.54) is 0 Å².